The van der Waals surface area contributed by atoms with Gasteiger partial charge in [-0.3, -0.25) is 9.59 Å². The van der Waals surface area contributed by atoms with E-state index in [1.165, 1.54) is 17.3 Å². The first-order valence-electron chi connectivity index (χ1n) is 7.42. The van der Waals surface area contributed by atoms with Gasteiger partial charge in [0.25, 0.3) is 10.0 Å². The monoisotopic (exact) mass is 360 g/mol. The summed E-state index contributed by atoms with van der Waals surface area (Å²) in [5.41, 5.74) is 0. The summed E-state index contributed by atoms with van der Waals surface area (Å²) in [5.74, 6) is -1.55. The molecule has 1 saturated heterocycles. The Morgan fingerprint density at radius 2 is 1.96 bits per heavy atom. The number of carboxylic acid groups (broad SMARTS) is 1. The molecule has 1 aliphatic heterocycles. The van der Waals surface area contributed by atoms with Crippen molar-refractivity contribution in [2.45, 2.75) is 42.9 Å². The Balaban J connectivity index is 2.02. The first-order valence-corrected chi connectivity index (χ1v) is 9.67. The molecule has 0 radical (unpaired) electrons. The molecule has 2 rings (SSSR count). The molecule has 0 aromatic carbocycles. The van der Waals surface area contributed by atoms with E-state index in [1.54, 1.807) is 6.07 Å². The Morgan fingerprint density at radius 3 is 2.57 bits per heavy atom. The number of hydrogen-bond acceptors (Lipinski definition) is 5. The Bertz CT molecular complexity index is 677. The van der Waals surface area contributed by atoms with Crippen molar-refractivity contribution in [3.8, 4) is 0 Å². The number of amides is 1. The number of nitrogens with one attached hydrogen (secondary N) is 1. The summed E-state index contributed by atoms with van der Waals surface area (Å²) in [4.78, 5) is 23.1. The number of carboxylic acids is 1. The van der Waals surface area contributed by atoms with Crippen LogP contribution in [0.5, 0.6) is 0 Å². The van der Waals surface area contributed by atoms with Gasteiger partial charge in [0, 0.05) is 18.0 Å². The van der Waals surface area contributed by atoms with Crippen molar-refractivity contribution in [3.63, 3.8) is 0 Å². The minimum atomic E-state index is -3.49. The lowest BCUT2D eigenvalue weighted by molar-refractivity contribution is -0.141. The molecular formula is C14H20N2O5S2. The van der Waals surface area contributed by atoms with E-state index in [1.807, 2.05) is 0 Å². The van der Waals surface area contributed by atoms with E-state index in [-0.39, 0.29) is 10.6 Å². The molecule has 0 spiro atoms. The average Bonchev–Trinajstić information content (AvgIpc) is 2.97. The van der Waals surface area contributed by atoms with Crippen molar-refractivity contribution in [3.05, 3.63) is 17.0 Å². The lowest BCUT2D eigenvalue weighted by Gasteiger charge is -2.25. The van der Waals surface area contributed by atoms with Crippen LogP contribution < -0.4 is 5.32 Å². The third-order valence-corrected chi connectivity index (χ3v) is 7.08. The maximum Gasteiger partial charge on any atom is 0.325 e. The van der Waals surface area contributed by atoms with Crippen molar-refractivity contribution in [2.24, 2.45) is 0 Å². The highest BCUT2D eigenvalue weighted by atomic mass is 32.2. The zero-order valence-electron chi connectivity index (χ0n) is 12.8. The van der Waals surface area contributed by atoms with E-state index in [2.05, 4.69) is 5.32 Å². The molecule has 128 valence electrons. The lowest BCUT2D eigenvalue weighted by Crippen LogP contribution is -2.39. The number of carbonyl (C=O) groups excluding carboxylic acids is 1. The van der Waals surface area contributed by atoms with Crippen molar-refractivity contribution in [2.75, 3.05) is 13.1 Å². The first kappa shape index (κ1) is 17.9. The Kier molecular flexibility index (Phi) is 5.77. The summed E-state index contributed by atoms with van der Waals surface area (Å²) < 4.78 is 26.7. The predicted octanol–water partition coefficient (Wildman–Crippen LogP) is 1.05. The van der Waals surface area contributed by atoms with E-state index in [9.17, 15) is 18.0 Å². The fraction of sp³-hybridized carbons (Fsp3) is 0.571. The SMILES string of the molecule is C[C@@H](NC(=O)Cc1ccc(S(=O)(=O)N2CCCCC2)s1)C(=O)O. The first-order chi connectivity index (χ1) is 10.8. The summed E-state index contributed by atoms with van der Waals surface area (Å²) >= 11 is 1.06. The molecule has 1 aromatic rings. The summed E-state index contributed by atoms with van der Waals surface area (Å²) in [6.45, 7) is 2.44. The number of sulfonamides is 1. The number of rotatable bonds is 6. The van der Waals surface area contributed by atoms with Crippen LogP contribution in [-0.2, 0) is 26.0 Å². The van der Waals surface area contributed by atoms with E-state index in [0.717, 1.165) is 30.6 Å². The molecule has 1 aliphatic rings. The van der Waals surface area contributed by atoms with Crippen LogP contribution in [0.25, 0.3) is 0 Å². The van der Waals surface area contributed by atoms with Gasteiger partial charge >= 0.3 is 5.97 Å². The zero-order chi connectivity index (χ0) is 17.0. The van der Waals surface area contributed by atoms with Gasteiger partial charge in [-0.15, -0.1) is 11.3 Å². The topological polar surface area (TPSA) is 104 Å². The number of aliphatic carboxylic acids is 1. The Hall–Kier alpha value is -1.45. The molecule has 7 nitrogen and oxygen atoms in total. The van der Waals surface area contributed by atoms with Crippen molar-refractivity contribution in [1.29, 1.82) is 0 Å². The summed E-state index contributed by atoms with van der Waals surface area (Å²) in [6.07, 6.45) is 2.75. The van der Waals surface area contributed by atoms with Crippen LogP contribution in [-0.4, -0.2) is 48.8 Å². The molecule has 9 heteroatoms. The lowest BCUT2D eigenvalue weighted by atomic mass is 10.2. The van der Waals surface area contributed by atoms with Gasteiger partial charge in [0.2, 0.25) is 5.91 Å². The molecule has 0 bridgehead atoms. The van der Waals surface area contributed by atoms with Gasteiger partial charge in [-0.1, -0.05) is 6.42 Å². The van der Waals surface area contributed by atoms with Crippen LogP contribution in [0.3, 0.4) is 0 Å². The van der Waals surface area contributed by atoms with Gasteiger partial charge in [0.1, 0.15) is 10.3 Å². The standard InChI is InChI=1S/C14H20N2O5S2/c1-10(14(18)19)15-12(17)9-11-5-6-13(22-11)23(20,21)16-7-3-2-4-8-16/h5-6,10H,2-4,7-9H2,1H3,(H,15,17)(H,18,19)/t10-/m1/s1. The van der Waals surface area contributed by atoms with Crippen LogP contribution in [0, 0.1) is 0 Å². The fourth-order valence-electron chi connectivity index (χ4n) is 2.34. The van der Waals surface area contributed by atoms with E-state index >= 15 is 0 Å². The molecule has 0 saturated carbocycles. The number of thiophene rings is 1. The van der Waals surface area contributed by atoms with Crippen molar-refractivity contribution in [1.82, 2.24) is 9.62 Å². The highest BCUT2D eigenvalue weighted by Gasteiger charge is 2.27. The molecule has 1 atom stereocenters. The van der Waals surface area contributed by atoms with Gasteiger partial charge in [0.05, 0.1) is 6.42 Å². The van der Waals surface area contributed by atoms with Crippen LogP contribution in [0.15, 0.2) is 16.3 Å². The second kappa shape index (κ2) is 7.41. The molecule has 23 heavy (non-hydrogen) atoms. The largest absolute Gasteiger partial charge is 0.480 e. The molecular weight excluding hydrogens is 340 g/mol. The predicted molar refractivity (Wildman–Crippen MR) is 85.9 cm³/mol. The molecule has 2 N–H and O–H groups in total. The van der Waals surface area contributed by atoms with Crippen LogP contribution in [0.2, 0.25) is 0 Å². The number of nitrogens with zero attached hydrogens (tertiary/aromatic N) is 1. The van der Waals surface area contributed by atoms with Gasteiger partial charge < -0.3 is 10.4 Å². The molecule has 0 unspecified atom stereocenters. The van der Waals surface area contributed by atoms with E-state index in [0.29, 0.717) is 18.0 Å². The number of piperidine rings is 1. The molecule has 0 aliphatic carbocycles. The zero-order valence-corrected chi connectivity index (χ0v) is 14.5. The smallest absolute Gasteiger partial charge is 0.325 e. The summed E-state index contributed by atoms with van der Waals surface area (Å²) in [6, 6.07) is 2.14. The van der Waals surface area contributed by atoms with Gasteiger partial charge in [-0.05, 0) is 31.9 Å². The third-order valence-electron chi connectivity index (χ3n) is 3.63. The highest BCUT2D eigenvalue weighted by Crippen LogP contribution is 2.27. The molecule has 1 fully saturated rings. The maximum absolute atomic E-state index is 12.5. The van der Waals surface area contributed by atoms with Crippen LogP contribution in [0.4, 0.5) is 0 Å². The number of hydrogen-bond donors (Lipinski definition) is 2. The van der Waals surface area contributed by atoms with Gasteiger partial charge in [-0.2, -0.15) is 4.31 Å². The molecule has 1 amide bonds. The number of carbonyl (C=O) groups is 2. The second-order valence-electron chi connectivity index (χ2n) is 5.49. The summed E-state index contributed by atoms with van der Waals surface area (Å²) in [5, 5.41) is 11.1. The van der Waals surface area contributed by atoms with E-state index < -0.39 is 27.9 Å². The quantitative estimate of drug-likeness (QED) is 0.789. The van der Waals surface area contributed by atoms with E-state index in [4.69, 9.17) is 5.11 Å². The summed E-state index contributed by atoms with van der Waals surface area (Å²) in [7, 11) is -3.49. The highest BCUT2D eigenvalue weighted by molar-refractivity contribution is 7.91. The van der Waals surface area contributed by atoms with Gasteiger partial charge in [-0.25, -0.2) is 8.42 Å². The third kappa shape index (κ3) is 4.52. The Morgan fingerprint density at radius 1 is 1.30 bits per heavy atom. The minimum Gasteiger partial charge on any atom is -0.480 e. The van der Waals surface area contributed by atoms with Crippen LogP contribution >= 0.6 is 11.3 Å². The normalized spacial score (nSPS) is 17.6. The van der Waals surface area contributed by atoms with Crippen molar-refractivity contribution < 1.29 is 23.1 Å². The Labute approximate surface area is 139 Å². The maximum atomic E-state index is 12.5. The van der Waals surface area contributed by atoms with Crippen molar-refractivity contribution >= 4 is 33.2 Å². The second-order valence-corrected chi connectivity index (χ2v) is 8.82. The fourth-order valence-corrected chi connectivity index (χ4v) is 5.36. The average molecular weight is 360 g/mol. The van der Waals surface area contributed by atoms with Crippen LogP contribution in [0.1, 0.15) is 31.1 Å². The molecule has 2 heterocycles. The minimum absolute atomic E-state index is 0.0300. The van der Waals surface area contributed by atoms with Gasteiger partial charge in [0.15, 0.2) is 0 Å². The molecule has 1 aromatic heterocycles.